The summed E-state index contributed by atoms with van der Waals surface area (Å²) in [5.41, 5.74) is 6.87. The molecular formula is C41H43Cl2N3O3SSi. The van der Waals surface area contributed by atoms with Crippen LogP contribution in [0.1, 0.15) is 74.7 Å². The van der Waals surface area contributed by atoms with Crippen molar-refractivity contribution in [3.8, 4) is 11.5 Å². The summed E-state index contributed by atoms with van der Waals surface area (Å²) < 4.78 is 15.5. The first-order chi connectivity index (χ1) is 24.4. The molecule has 6 nitrogen and oxygen atoms in total. The maximum absolute atomic E-state index is 14.9. The molecule has 6 aromatic rings. The topological polar surface area (TPSA) is 64.5 Å². The summed E-state index contributed by atoms with van der Waals surface area (Å²) in [5.74, 6) is 0.761. The fourth-order valence-electron chi connectivity index (χ4n) is 7.42. The summed E-state index contributed by atoms with van der Waals surface area (Å²) in [6, 6.07) is 29.4. The van der Waals surface area contributed by atoms with Crippen molar-refractivity contribution in [1.82, 2.24) is 14.9 Å². The summed E-state index contributed by atoms with van der Waals surface area (Å²) in [5, 5.41) is 1.80. The Morgan fingerprint density at radius 3 is 1.94 bits per heavy atom. The van der Waals surface area contributed by atoms with Crippen LogP contribution in [0.4, 0.5) is 0 Å². The number of benzene rings is 4. The SMILES string of the molecule is CC(C)[Si](Oc1cc(C(=O)N(C)Cc2cc(Cl)cc(Cl)c2)c(OC(c2ccccc2)c2ccccc2)c2nc3ncsc3cc12)(C(C)C)C(C)C. The van der Waals surface area contributed by atoms with Gasteiger partial charge in [-0.3, -0.25) is 4.79 Å². The molecule has 1 amide bonds. The summed E-state index contributed by atoms with van der Waals surface area (Å²) >= 11 is 14.2. The first kappa shape index (κ1) is 36.8. The van der Waals surface area contributed by atoms with Gasteiger partial charge in [0.15, 0.2) is 11.4 Å². The van der Waals surface area contributed by atoms with Crippen LogP contribution >= 0.6 is 34.5 Å². The zero-order chi connectivity index (χ0) is 36.4. The number of thiazole rings is 1. The molecule has 0 aliphatic carbocycles. The van der Waals surface area contributed by atoms with E-state index in [1.807, 2.05) is 78.9 Å². The van der Waals surface area contributed by atoms with Gasteiger partial charge in [-0.25, -0.2) is 9.97 Å². The molecule has 2 aromatic heterocycles. The first-order valence-corrected chi connectivity index (χ1v) is 21.0. The van der Waals surface area contributed by atoms with Gasteiger partial charge in [0.25, 0.3) is 14.2 Å². The fourth-order valence-corrected chi connectivity index (χ4v) is 13.9. The fraction of sp³-hybridized carbons (Fsp3) is 0.293. The van der Waals surface area contributed by atoms with Crippen molar-refractivity contribution in [2.75, 3.05) is 7.05 Å². The molecule has 0 saturated carbocycles. The van der Waals surface area contributed by atoms with Gasteiger partial charge in [0.2, 0.25) is 0 Å². The van der Waals surface area contributed by atoms with Crippen molar-refractivity contribution in [2.24, 2.45) is 0 Å². The predicted octanol–water partition coefficient (Wildman–Crippen LogP) is 12.1. The standard InChI is InChI=1S/C41H43Cl2N3O3SSi/c1-25(2)51(26(3)4,27(5)6)49-35-21-34(41(47)46(7)23-28-18-31(42)20-32(43)19-28)39(37-33(35)22-36-40(45-37)44-24-50-36)48-38(29-14-10-8-11-15-29)30-16-12-9-13-17-30/h8-22,24-27,38H,23H2,1-7H3. The number of carbonyl (C=O) groups is 1. The third-order valence-corrected chi connectivity index (χ3v) is 16.9. The second-order valence-electron chi connectivity index (χ2n) is 14.0. The van der Waals surface area contributed by atoms with Crippen LogP contribution in [0.15, 0.2) is 96.5 Å². The second kappa shape index (κ2) is 15.3. The Hall–Kier alpha value is -3.95. The highest BCUT2D eigenvalue weighted by molar-refractivity contribution is 7.16. The van der Waals surface area contributed by atoms with E-state index in [0.29, 0.717) is 54.9 Å². The smallest absolute Gasteiger partial charge is 0.258 e. The maximum atomic E-state index is 14.9. The lowest BCUT2D eigenvalue weighted by Gasteiger charge is -2.42. The van der Waals surface area contributed by atoms with Gasteiger partial charge in [0.05, 0.1) is 15.8 Å². The Kier molecular flexibility index (Phi) is 11.1. The summed E-state index contributed by atoms with van der Waals surface area (Å²) in [7, 11) is -0.717. The van der Waals surface area contributed by atoms with Gasteiger partial charge < -0.3 is 14.1 Å². The van der Waals surface area contributed by atoms with E-state index in [4.69, 9.17) is 37.3 Å². The summed E-state index contributed by atoms with van der Waals surface area (Å²) in [4.78, 5) is 26.2. The molecule has 0 N–H and O–H groups in total. The van der Waals surface area contributed by atoms with Gasteiger partial charge in [-0.2, -0.15) is 0 Å². The molecule has 0 spiro atoms. The molecule has 0 radical (unpaired) electrons. The molecule has 0 fully saturated rings. The molecule has 4 aromatic carbocycles. The van der Waals surface area contributed by atoms with Gasteiger partial charge in [-0.05, 0) is 63.6 Å². The van der Waals surface area contributed by atoms with Crippen LogP contribution in [0.3, 0.4) is 0 Å². The van der Waals surface area contributed by atoms with Crippen LogP contribution < -0.4 is 9.16 Å². The lowest BCUT2D eigenvalue weighted by atomic mass is 10.0. The van der Waals surface area contributed by atoms with Crippen LogP contribution in [-0.2, 0) is 6.54 Å². The lowest BCUT2D eigenvalue weighted by Crippen LogP contribution is -2.50. The van der Waals surface area contributed by atoms with Crippen LogP contribution in [0, 0.1) is 0 Å². The third-order valence-electron chi connectivity index (χ3n) is 9.68. The number of amides is 1. The van der Waals surface area contributed by atoms with Crippen molar-refractivity contribution >= 4 is 70.0 Å². The van der Waals surface area contributed by atoms with Gasteiger partial charge in [0, 0.05) is 29.0 Å². The van der Waals surface area contributed by atoms with E-state index in [1.54, 1.807) is 23.5 Å². The minimum atomic E-state index is -2.49. The van der Waals surface area contributed by atoms with E-state index >= 15 is 0 Å². The van der Waals surface area contributed by atoms with E-state index in [-0.39, 0.29) is 12.5 Å². The monoisotopic (exact) mass is 755 g/mol. The number of carbonyl (C=O) groups excluding carboxylic acids is 1. The third kappa shape index (κ3) is 7.51. The van der Waals surface area contributed by atoms with Crippen LogP contribution in [0.2, 0.25) is 26.7 Å². The Bertz CT molecular complexity index is 2080. The van der Waals surface area contributed by atoms with Crippen LogP contribution in [-0.4, -0.2) is 36.1 Å². The van der Waals surface area contributed by atoms with Gasteiger partial charge >= 0.3 is 0 Å². The van der Waals surface area contributed by atoms with Crippen molar-refractivity contribution in [3.63, 3.8) is 0 Å². The molecular weight excluding hydrogens is 714 g/mol. The quantitative estimate of drug-likeness (QED) is 0.116. The summed E-state index contributed by atoms with van der Waals surface area (Å²) in [6.45, 7) is 13.8. The minimum Gasteiger partial charge on any atom is -0.542 e. The molecule has 0 saturated heterocycles. The molecule has 0 aliphatic heterocycles. The second-order valence-corrected chi connectivity index (χ2v) is 21.1. The average Bonchev–Trinajstić information content (AvgIpc) is 3.56. The highest BCUT2D eigenvalue weighted by Crippen LogP contribution is 2.47. The maximum Gasteiger partial charge on any atom is 0.258 e. The highest BCUT2D eigenvalue weighted by atomic mass is 35.5. The Balaban J connectivity index is 1.62. The zero-order valence-corrected chi connectivity index (χ0v) is 33.3. The van der Waals surface area contributed by atoms with Crippen molar-refractivity contribution in [1.29, 1.82) is 0 Å². The van der Waals surface area contributed by atoms with E-state index < -0.39 is 14.4 Å². The molecule has 51 heavy (non-hydrogen) atoms. The van der Waals surface area contributed by atoms with E-state index in [0.717, 1.165) is 26.8 Å². The predicted molar refractivity (Wildman–Crippen MR) is 214 cm³/mol. The molecule has 2 heterocycles. The molecule has 10 heteroatoms. The normalized spacial score (nSPS) is 12.1. The zero-order valence-electron chi connectivity index (χ0n) is 30.0. The van der Waals surface area contributed by atoms with Gasteiger partial charge in [-0.1, -0.05) is 125 Å². The van der Waals surface area contributed by atoms with Crippen molar-refractivity contribution in [2.45, 2.75) is 70.8 Å². The van der Waals surface area contributed by atoms with Crippen LogP contribution in [0.25, 0.3) is 21.3 Å². The molecule has 0 aliphatic rings. The largest absolute Gasteiger partial charge is 0.542 e. The number of nitrogens with zero attached hydrogens (tertiary/aromatic N) is 3. The van der Waals surface area contributed by atoms with Crippen LogP contribution in [0.5, 0.6) is 11.5 Å². The molecule has 6 rings (SSSR count). The molecule has 0 unspecified atom stereocenters. The van der Waals surface area contributed by atoms with Gasteiger partial charge in [-0.15, -0.1) is 11.3 Å². The van der Waals surface area contributed by atoms with Gasteiger partial charge in [0.1, 0.15) is 17.4 Å². The van der Waals surface area contributed by atoms with Crippen molar-refractivity contribution in [3.05, 3.63) is 129 Å². The number of fused-ring (bicyclic) bond motifs is 2. The first-order valence-electron chi connectivity index (χ1n) is 17.3. The van der Waals surface area contributed by atoms with E-state index in [9.17, 15) is 4.79 Å². The molecule has 0 atom stereocenters. The number of ether oxygens (including phenoxy) is 1. The summed E-state index contributed by atoms with van der Waals surface area (Å²) in [6.07, 6.45) is -0.533. The number of halogens is 2. The number of pyridine rings is 1. The molecule has 264 valence electrons. The number of hydrogen-bond donors (Lipinski definition) is 0. The molecule has 0 bridgehead atoms. The Labute approximate surface area is 315 Å². The van der Waals surface area contributed by atoms with E-state index in [1.165, 1.54) is 11.3 Å². The number of aromatic nitrogens is 2. The highest BCUT2D eigenvalue weighted by Gasteiger charge is 2.47. The lowest BCUT2D eigenvalue weighted by molar-refractivity contribution is 0.0778. The minimum absolute atomic E-state index is 0.251. The number of hydrogen-bond acceptors (Lipinski definition) is 6. The number of rotatable bonds is 12. The van der Waals surface area contributed by atoms with E-state index in [2.05, 4.69) is 52.6 Å². The Morgan fingerprint density at radius 1 is 0.824 bits per heavy atom. The van der Waals surface area contributed by atoms with Crippen molar-refractivity contribution < 1.29 is 14.0 Å². The Morgan fingerprint density at radius 2 is 1.39 bits per heavy atom. The average molecular weight is 757 g/mol.